The topological polar surface area (TPSA) is 52.7 Å². The zero-order valence-electron chi connectivity index (χ0n) is 12.8. The summed E-state index contributed by atoms with van der Waals surface area (Å²) >= 11 is 6.13. The highest BCUT2D eigenvalue weighted by atomic mass is 35.5. The molecule has 0 saturated carbocycles. The maximum Gasteiger partial charge on any atom is 0.255 e. The van der Waals surface area contributed by atoms with Crippen molar-refractivity contribution in [3.63, 3.8) is 0 Å². The van der Waals surface area contributed by atoms with Crippen LogP contribution < -0.4 is 5.32 Å². The van der Waals surface area contributed by atoms with Crippen LogP contribution in [0.5, 0.6) is 0 Å². The van der Waals surface area contributed by atoms with Crippen molar-refractivity contribution in [1.82, 2.24) is 15.1 Å². The second-order valence-electron chi connectivity index (χ2n) is 5.79. The van der Waals surface area contributed by atoms with E-state index in [1.807, 2.05) is 21.9 Å². The molecule has 1 atom stereocenters. The number of carbonyl (C=O) groups excluding carboxylic acids is 2. The average Bonchev–Trinajstić information content (AvgIpc) is 2.55. The number of amides is 2. The van der Waals surface area contributed by atoms with Crippen molar-refractivity contribution < 1.29 is 9.59 Å². The van der Waals surface area contributed by atoms with Gasteiger partial charge in [-0.05, 0) is 25.0 Å². The Labute approximate surface area is 147 Å². The van der Waals surface area contributed by atoms with Gasteiger partial charge in [0.25, 0.3) is 5.91 Å². The molecule has 1 aromatic carbocycles. The predicted molar refractivity (Wildman–Crippen MR) is 92.2 cm³/mol. The molecular formula is C16H21Cl2N3O2. The smallest absolute Gasteiger partial charge is 0.255 e. The first-order valence-corrected chi connectivity index (χ1v) is 8.08. The number of benzene rings is 1. The van der Waals surface area contributed by atoms with Crippen LogP contribution in [-0.4, -0.2) is 60.4 Å². The lowest BCUT2D eigenvalue weighted by Gasteiger charge is -2.41. The van der Waals surface area contributed by atoms with Gasteiger partial charge in [0.1, 0.15) is 0 Å². The molecule has 126 valence electrons. The standard InChI is InChI=1S/C16H20ClN3O2.ClH/c17-14-6-2-1-5-13(14)16(22)19-8-3-4-12(11-19)20-9-7-18-10-15(20)21;/h1-2,5-6,12,18H,3-4,7-11H2;1H. The van der Waals surface area contributed by atoms with Crippen LogP contribution in [0.4, 0.5) is 0 Å². The highest BCUT2D eigenvalue weighted by Gasteiger charge is 2.32. The van der Waals surface area contributed by atoms with E-state index in [1.54, 1.807) is 12.1 Å². The number of rotatable bonds is 2. The zero-order valence-corrected chi connectivity index (χ0v) is 14.4. The summed E-state index contributed by atoms with van der Waals surface area (Å²) in [5.74, 6) is 0.0844. The Morgan fingerprint density at radius 3 is 2.78 bits per heavy atom. The van der Waals surface area contributed by atoms with E-state index in [0.717, 1.165) is 32.5 Å². The van der Waals surface area contributed by atoms with Gasteiger partial charge in [0.15, 0.2) is 0 Å². The van der Waals surface area contributed by atoms with Crippen LogP contribution in [0.25, 0.3) is 0 Å². The number of nitrogens with one attached hydrogen (secondary N) is 1. The molecule has 0 radical (unpaired) electrons. The first kappa shape index (κ1) is 18.0. The van der Waals surface area contributed by atoms with Gasteiger partial charge >= 0.3 is 0 Å². The summed E-state index contributed by atoms with van der Waals surface area (Å²) in [6, 6.07) is 7.24. The molecule has 2 saturated heterocycles. The fraction of sp³-hybridized carbons (Fsp3) is 0.500. The quantitative estimate of drug-likeness (QED) is 0.877. The molecule has 0 spiro atoms. The Bertz CT molecular complexity index is 582. The largest absolute Gasteiger partial charge is 0.337 e. The van der Waals surface area contributed by atoms with Gasteiger partial charge in [-0.2, -0.15) is 0 Å². The summed E-state index contributed by atoms with van der Waals surface area (Å²) < 4.78 is 0. The number of carbonyl (C=O) groups is 2. The van der Waals surface area contributed by atoms with Gasteiger partial charge in [0.2, 0.25) is 5.91 Å². The van der Waals surface area contributed by atoms with E-state index in [9.17, 15) is 9.59 Å². The van der Waals surface area contributed by atoms with Gasteiger partial charge in [-0.25, -0.2) is 0 Å². The normalized spacial score (nSPS) is 21.8. The van der Waals surface area contributed by atoms with Crippen LogP contribution in [0.3, 0.4) is 0 Å². The highest BCUT2D eigenvalue weighted by Crippen LogP contribution is 2.22. The third-order valence-electron chi connectivity index (χ3n) is 4.35. The van der Waals surface area contributed by atoms with Gasteiger partial charge in [0, 0.05) is 32.2 Å². The summed E-state index contributed by atoms with van der Waals surface area (Å²) in [5.41, 5.74) is 0.538. The van der Waals surface area contributed by atoms with Crippen LogP contribution in [-0.2, 0) is 4.79 Å². The fourth-order valence-electron chi connectivity index (χ4n) is 3.21. The Morgan fingerprint density at radius 2 is 2.04 bits per heavy atom. The van der Waals surface area contributed by atoms with Gasteiger partial charge in [-0.15, -0.1) is 12.4 Å². The molecule has 2 heterocycles. The number of piperidine rings is 1. The SMILES string of the molecule is Cl.O=C(c1ccccc1Cl)N1CCCC(N2CCNCC2=O)C1. The molecule has 7 heteroatoms. The molecule has 2 aliphatic rings. The maximum atomic E-state index is 12.7. The average molecular weight is 358 g/mol. The van der Waals surface area contributed by atoms with Crippen LogP contribution >= 0.6 is 24.0 Å². The van der Waals surface area contributed by atoms with Crippen molar-refractivity contribution in [3.05, 3.63) is 34.9 Å². The van der Waals surface area contributed by atoms with Crippen molar-refractivity contribution in [1.29, 1.82) is 0 Å². The molecule has 0 aromatic heterocycles. The number of likely N-dealkylation sites (tertiary alicyclic amines) is 1. The van der Waals surface area contributed by atoms with E-state index in [4.69, 9.17) is 11.6 Å². The van der Waals surface area contributed by atoms with E-state index in [1.165, 1.54) is 0 Å². The van der Waals surface area contributed by atoms with Gasteiger partial charge in [-0.3, -0.25) is 9.59 Å². The summed E-state index contributed by atoms with van der Waals surface area (Å²) in [4.78, 5) is 28.4. The number of hydrogen-bond acceptors (Lipinski definition) is 3. The Morgan fingerprint density at radius 1 is 1.26 bits per heavy atom. The second-order valence-corrected chi connectivity index (χ2v) is 6.20. The third-order valence-corrected chi connectivity index (χ3v) is 4.68. The van der Waals surface area contributed by atoms with Crippen molar-refractivity contribution in [2.45, 2.75) is 18.9 Å². The van der Waals surface area contributed by atoms with E-state index in [2.05, 4.69) is 5.32 Å². The van der Waals surface area contributed by atoms with E-state index < -0.39 is 0 Å². The van der Waals surface area contributed by atoms with Gasteiger partial charge < -0.3 is 15.1 Å². The Balaban J connectivity index is 0.00000192. The maximum absolute atomic E-state index is 12.7. The molecular weight excluding hydrogens is 337 g/mol. The van der Waals surface area contributed by atoms with Gasteiger partial charge in [0.05, 0.1) is 17.1 Å². The molecule has 0 aliphatic carbocycles. The number of piperazine rings is 1. The van der Waals surface area contributed by atoms with Crippen molar-refractivity contribution in [2.24, 2.45) is 0 Å². The van der Waals surface area contributed by atoms with Crippen molar-refractivity contribution in [2.75, 3.05) is 32.7 Å². The summed E-state index contributed by atoms with van der Waals surface area (Å²) in [6.07, 6.45) is 1.87. The van der Waals surface area contributed by atoms with E-state index in [-0.39, 0.29) is 30.3 Å². The minimum Gasteiger partial charge on any atom is -0.337 e. The fourth-order valence-corrected chi connectivity index (χ4v) is 3.42. The Kier molecular flexibility index (Phi) is 6.27. The van der Waals surface area contributed by atoms with Crippen LogP contribution in [0, 0.1) is 0 Å². The molecule has 3 rings (SSSR count). The molecule has 2 fully saturated rings. The molecule has 2 aliphatic heterocycles. The lowest BCUT2D eigenvalue weighted by Crippen LogP contribution is -2.57. The highest BCUT2D eigenvalue weighted by molar-refractivity contribution is 6.33. The number of nitrogens with zero attached hydrogens (tertiary/aromatic N) is 2. The molecule has 2 amide bonds. The van der Waals surface area contributed by atoms with E-state index in [0.29, 0.717) is 23.7 Å². The lowest BCUT2D eigenvalue weighted by atomic mass is 10.0. The third kappa shape index (κ3) is 3.97. The van der Waals surface area contributed by atoms with Gasteiger partial charge in [-0.1, -0.05) is 23.7 Å². The molecule has 1 N–H and O–H groups in total. The monoisotopic (exact) mass is 357 g/mol. The van der Waals surface area contributed by atoms with Crippen LogP contribution in [0.1, 0.15) is 23.2 Å². The van der Waals surface area contributed by atoms with Crippen molar-refractivity contribution in [3.8, 4) is 0 Å². The molecule has 0 bridgehead atoms. The van der Waals surface area contributed by atoms with Crippen LogP contribution in [0.2, 0.25) is 5.02 Å². The zero-order chi connectivity index (χ0) is 15.5. The summed E-state index contributed by atoms with van der Waals surface area (Å²) in [5, 5.41) is 3.56. The minimum atomic E-state index is -0.0436. The van der Waals surface area contributed by atoms with Crippen LogP contribution in [0.15, 0.2) is 24.3 Å². The summed E-state index contributed by atoms with van der Waals surface area (Å²) in [6.45, 7) is 3.25. The molecule has 1 aromatic rings. The summed E-state index contributed by atoms with van der Waals surface area (Å²) in [7, 11) is 0. The molecule has 1 unspecified atom stereocenters. The van der Waals surface area contributed by atoms with Crippen molar-refractivity contribution >= 4 is 35.8 Å². The second kappa shape index (κ2) is 7.99. The number of halogens is 2. The van der Waals surface area contributed by atoms with E-state index >= 15 is 0 Å². The lowest BCUT2D eigenvalue weighted by molar-refractivity contribution is -0.135. The molecule has 5 nitrogen and oxygen atoms in total. The first-order valence-electron chi connectivity index (χ1n) is 7.71. The molecule has 23 heavy (non-hydrogen) atoms. The number of hydrogen-bond donors (Lipinski definition) is 1. The predicted octanol–water partition coefficient (Wildman–Crippen LogP) is 1.80. The Hall–Kier alpha value is -1.30. The minimum absolute atomic E-state index is 0. The first-order chi connectivity index (χ1) is 10.7.